The van der Waals surface area contributed by atoms with E-state index in [1.54, 1.807) is 12.4 Å². The summed E-state index contributed by atoms with van der Waals surface area (Å²) >= 11 is 0. The van der Waals surface area contributed by atoms with Crippen molar-refractivity contribution in [1.82, 2.24) is 20.2 Å². The topological polar surface area (TPSA) is 86.8 Å². The second kappa shape index (κ2) is 8.26. The van der Waals surface area contributed by atoms with Crippen LogP contribution < -0.4 is 10.2 Å². The highest BCUT2D eigenvalue weighted by atomic mass is 16.1. The highest BCUT2D eigenvalue weighted by Crippen LogP contribution is 2.35. The van der Waals surface area contributed by atoms with Gasteiger partial charge in [0.05, 0.1) is 12.2 Å². The lowest BCUT2D eigenvalue weighted by atomic mass is 10.0. The van der Waals surface area contributed by atoms with Crippen LogP contribution in [0, 0.1) is 0 Å². The Bertz CT molecular complexity index is 1250. The third-order valence-corrected chi connectivity index (χ3v) is 5.97. The van der Waals surface area contributed by atoms with Gasteiger partial charge in [-0.25, -0.2) is 9.97 Å². The van der Waals surface area contributed by atoms with Gasteiger partial charge >= 0.3 is 0 Å². The number of likely N-dealkylation sites (N-methyl/N-ethyl adjacent to an activating group) is 1. The van der Waals surface area contributed by atoms with Gasteiger partial charge in [-0.05, 0) is 35.4 Å². The van der Waals surface area contributed by atoms with E-state index in [9.17, 15) is 4.79 Å². The van der Waals surface area contributed by atoms with Gasteiger partial charge in [-0.2, -0.15) is 5.10 Å². The maximum absolute atomic E-state index is 12.3. The number of hydrogen-bond acceptors (Lipinski definition) is 6. The number of aromatic nitrogens is 4. The van der Waals surface area contributed by atoms with E-state index < -0.39 is 0 Å². The summed E-state index contributed by atoms with van der Waals surface area (Å²) in [4.78, 5) is 23.5. The number of nitrogens with one attached hydrogen (secondary N) is 2. The van der Waals surface area contributed by atoms with Gasteiger partial charge in [-0.1, -0.05) is 31.2 Å². The van der Waals surface area contributed by atoms with Crippen LogP contribution in [0.4, 0.5) is 17.2 Å². The molecule has 0 bridgehead atoms. The molecular weight excluding hydrogens is 400 g/mol. The molecule has 1 unspecified atom stereocenters. The highest BCUT2D eigenvalue weighted by Gasteiger charge is 2.31. The third-order valence-electron chi connectivity index (χ3n) is 5.97. The Kier molecular flexibility index (Phi) is 5.15. The lowest BCUT2D eigenvalue weighted by Gasteiger charge is -2.21. The van der Waals surface area contributed by atoms with Gasteiger partial charge in [-0.15, -0.1) is 0 Å². The molecule has 3 heterocycles. The number of H-pyrrole nitrogens is 1. The number of aromatic amines is 1. The van der Waals surface area contributed by atoms with Crippen LogP contribution in [-0.2, 0) is 11.2 Å². The van der Waals surface area contributed by atoms with Gasteiger partial charge in [-0.3, -0.25) is 9.89 Å². The predicted molar refractivity (Wildman–Crippen MR) is 126 cm³/mol. The van der Waals surface area contributed by atoms with Crippen molar-refractivity contribution in [1.29, 1.82) is 0 Å². The normalized spacial score (nSPS) is 14.9. The fourth-order valence-corrected chi connectivity index (χ4v) is 4.15. The lowest BCUT2D eigenvalue weighted by molar-refractivity contribution is -0.119. The molecule has 0 radical (unpaired) electrons. The van der Waals surface area contributed by atoms with Crippen molar-refractivity contribution in [2.75, 3.05) is 17.3 Å². The average Bonchev–Trinajstić information content (AvgIpc) is 3.48. The standard InChI is InChI=1S/C25H24N6O/c1-3-23(32)22-12-17-4-5-18(13-21(17)31(22)2)25-26-11-10-24(30-25)29-20-8-6-16(7-9-20)19-14-27-28-15-19/h4-11,13-15,22H,3,12H2,1-2H3,(H,27,28)(H,26,29,30). The zero-order chi connectivity index (χ0) is 22.1. The van der Waals surface area contributed by atoms with Crippen LogP contribution in [0.2, 0.25) is 0 Å². The summed E-state index contributed by atoms with van der Waals surface area (Å²) in [5.41, 5.74) is 6.27. The highest BCUT2D eigenvalue weighted by molar-refractivity contribution is 5.90. The SMILES string of the molecule is CCC(=O)C1Cc2ccc(-c3nccc(Nc4ccc(-c5cn[nH]c5)cc4)n3)cc2N1C. The van der Waals surface area contributed by atoms with Crippen LogP contribution in [-0.4, -0.2) is 39.0 Å². The molecule has 2 aromatic heterocycles. The minimum atomic E-state index is -0.0795. The Labute approximate surface area is 186 Å². The van der Waals surface area contributed by atoms with Crippen LogP contribution in [0.25, 0.3) is 22.5 Å². The van der Waals surface area contributed by atoms with Gasteiger partial charge in [0.15, 0.2) is 11.6 Å². The molecule has 160 valence electrons. The molecule has 0 fully saturated rings. The maximum atomic E-state index is 12.3. The average molecular weight is 425 g/mol. The Morgan fingerprint density at radius 2 is 1.94 bits per heavy atom. The molecule has 2 aromatic carbocycles. The smallest absolute Gasteiger partial charge is 0.161 e. The quantitative estimate of drug-likeness (QED) is 0.470. The molecular formula is C25H24N6O. The first-order valence-electron chi connectivity index (χ1n) is 10.7. The molecule has 0 spiro atoms. The molecule has 5 rings (SSSR count). The second-order valence-corrected chi connectivity index (χ2v) is 7.95. The van der Waals surface area contributed by atoms with Crippen LogP contribution in [0.15, 0.2) is 67.1 Å². The monoisotopic (exact) mass is 424 g/mol. The first-order chi connectivity index (χ1) is 15.6. The summed E-state index contributed by atoms with van der Waals surface area (Å²) in [7, 11) is 1.99. The Morgan fingerprint density at radius 3 is 2.69 bits per heavy atom. The van der Waals surface area contributed by atoms with Crippen molar-refractivity contribution >= 4 is 23.0 Å². The van der Waals surface area contributed by atoms with Crippen LogP contribution in [0.5, 0.6) is 0 Å². The van der Waals surface area contributed by atoms with Crippen molar-refractivity contribution in [3.05, 3.63) is 72.7 Å². The first kappa shape index (κ1) is 19.9. The molecule has 32 heavy (non-hydrogen) atoms. The van der Waals surface area contributed by atoms with Crippen molar-refractivity contribution < 1.29 is 4.79 Å². The molecule has 7 nitrogen and oxygen atoms in total. The minimum absolute atomic E-state index is 0.0795. The second-order valence-electron chi connectivity index (χ2n) is 7.95. The number of rotatable bonds is 6. The number of ketones is 1. The Hall–Kier alpha value is -4.00. The molecule has 7 heteroatoms. The summed E-state index contributed by atoms with van der Waals surface area (Å²) in [5, 5.41) is 10.2. The van der Waals surface area contributed by atoms with E-state index in [2.05, 4.69) is 37.5 Å². The van der Waals surface area contributed by atoms with Gasteiger partial charge in [0, 0.05) is 54.8 Å². The molecule has 1 aliphatic rings. The van der Waals surface area contributed by atoms with E-state index >= 15 is 0 Å². The summed E-state index contributed by atoms with van der Waals surface area (Å²) in [6.07, 6.45) is 6.73. The van der Waals surface area contributed by atoms with Crippen molar-refractivity contribution in [3.8, 4) is 22.5 Å². The molecule has 2 N–H and O–H groups in total. The molecule has 0 saturated carbocycles. The van der Waals surface area contributed by atoms with E-state index in [4.69, 9.17) is 4.98 Å². The van der Waals surface area contributed by atoms with Gasteiger partial charge in [0.2, 0.25) is 0 Å². The van der Waals surface area contributed by atoms with Gasteiger partial charge in [0.1, 0.15) is 5.82 Å². The summed E-state index contributed by atoms with van der Waals surface area (Å²) < 4.78 is 0. The fourth-order valence-electron chi connectivity index (χ4n) is 4.15. The van der Waals surface area contributed by atoms with Gasteiger partial charge < -0.3 is 10.2 Å². The summed E-state index contributed by atoms with van der Waals surface area (Å²) in [5.74, 6) is 1.64. The zero-order valence-electron chi connectivity index (χ0n) is 18.0. The van der Waals surface area contributed by atoms with Crippen molar-refractivity contribution in [3.63, 3.8) is 0 Å². The fraction of sp³-hybridized carbons (Fsp3) is 0.200. The van der Waals surface area contributed by atoms with Crippen LogP contribution in [0.3, 0.4) is 0 Å². The number of benzene rings is 2. The number of Topliss-reactive ketones (excluding diaryl/α,β-unsaturated/α-hetero) is 1. The maximum Gasteiger partial charge on any atom is 0.161 e. The Morgan fingerprint density at radius 1 is 1.12 bits per heavy atom. The molecule has 1 aliphatic heterocycles. The molecule has 0 aliphatic carbocycles. The van der Waals surface area contributed by atoms with E-state index in [-0.39, 0.29) is 11.8 Å². The zero-order valence-corrected chi connectivity index (χ0v) is 18.0. The van der Waals surface area contributed by atoms with E-state index in [1.165, 1.54) is 5.56 Å². The number of nitrogens with zero attached hydrogens (tertiary/aromatic N) is 4. The predicted octanol–water partition coefficient (Wildman–Crippen LogP) is 4.62. The minimum Gasteiger partial charge on any atom is -0.364 e. The first-order valence-corrected chi connectivity index (χ1v) is 10.7. The van der Waals surface area contributed by atoms with Crippen molar-refractivity contribution in [2.24, 2.45) is 0 Å². The number of anilines is 3. The van der Waals surface area contributed by atoms with Crippen LogP contribution in [0.1, 0.15) is 18.9 Å². The largest absolute Gasteiger partial charge is 0.364 e. The van der Waals surface area contributed by atoms with E-state index in [0.717, 1.165) is 40.3 Å². The number of hydrogen-bond donors (Lipinski definition) is 2. The van der Waals surface area contributed by atoms with Crippen LogP contribution >= 0.6 is 0 Å². The Balaban J connectivity index is 1.36. The van der Waals surface area contributed by atoms with E-state index in [1.807, 2.05) is 56.6 Å². The molecule has 4 aromatic rings. The van der Waals surface area contributed by atoms with Crippen molar-refractivity contribution in [2.45, 2.75) is 25.8 Å². The number of fused-ring (bicyclic) bond motifs is 1. The molecule has 0 amide bonds. The molecule has 1 atom stereocenters. The van der Waals surface area contributed by atoms with Gasteiger partial charge in [0.25, 0.3) is 0 Å². The molecule has 0 saturated heterocycles. The summed E-state index contributed by atoms with van der Waals surface area (Å²) in [6, 6.07) is 16.1. The third kappa shape index (κ3) is 3.73. The van der Waals surface area contributed by atoms with E-state index in [0.29, 0.717) is 12.2 Å². The lowest BCUT2D eigenvalue weighted by Crippen LogP contribution is -2.35. The number of carbonyl (C=O) groups excluding carboxylic acids is 1. The summed E-state index contributed by atoms with van der Waals surface area (Å²) in [6.45, 7) is 1.92. The number of carbonyl (C=O) groups is 1.